The lowest BCUT2D eigenvalue weighted by Gasteiger charge is -2.32. The first kappa shape index (κ1) is 17.6. The standard InChI is InChI=1S/C23H27BO2/c1-16-10-12-18(13-11-16)21-19-9-7-6-8-17(19)14-15-20(21)24-25-22(2,3)23(4,5)26-24/h6-13H,14-15H2,1-5H3. The van der Waals surface area contributed by atoms with E-state index in [2.05, 4.69) is 83.1 Å². The van der Waals surface area contributed by atoms with Gasteiger partial charge in [-0.2, -0.15) is 0 Å². The summed E-state index contributed by atoms with van der Waals surface area (Å²) in [7, 11) is -0.287. The third kappa shape index (κ3) is 2.84. The molecule has 0 amide bonds. The van der Waals surface area contributed by atoms with Gasteiger partial charge in [-0.05, 0) is 75.2 Å². The Hall–Kier alpha value is -1.84. The Bertz CT molecular complexity index is 846. The normalized spacial score (nSPS) is 21.0. The van der Waals surface area contributed by atoms with Crippen LogP contribution in [0.5, 0.6) is 0 Å². The van der Waals surface area contributed by atoms with Gasteiger partial charge in [0.15, 0.2) is 0 Å². The van der Waals surface area contributed by atoms with Gasteiger partial charge in [0, 0.05) is 0 Å². The number of hydrogen-bond donors (Lipinski definition) is 0. The molecule has 0 atom stereocenters. The van der Waals surface area contributed by atoms with Crippen LogP contribution in [0.1, 0.15) is 56.4 Å². The molecule has 2 aliphatic rings. The second kappa shape index (κ2) is 6.11. The number of benzene rings is 2. The van der Waals surface area contributed by atoms with Crippen molar-refractivity contribution in [2.75, 3.05) is 0 Å². The molecule has 1 aliphatic heterocycles. The number of aryl methyl sites for hydroxylation is 2. The van der Waals surface area contributed by atoms with Crippen LogP contribution in [0, 0.1) is 6.92 Å². The molecular formula is C23H27BO2. The monoisotopic (exact) mass is 346 g/mol. The predicted molar refractivity (Wildman–Crippen MR) is 108 cm³/mol. The molecule has 2 aromatic carbocycles. The molecule has 2 aromatic rings. The summed E-state index contributed by atoms with van der Waals surface area (Å²) in [5.74, 6) is 0. The van der Waals surface area contributed by atoms with Gasteiger partial charge in [-0.15, -0.1) is 0 Å². The molecule has 1 aliphatic carbocycles. The van der Waals surface area contributed by atoms with Crippen molar-refractivity contribution in [1.82, 2.24) is 0 Å². The average molecular weight is 346 g/mol. The van der Waals surface area contributed by atoms with Crippen molar-refractivity contribution in [3.63, 3.8) is 0 Å². The Labute approximate surface area is 157 Å². The second-order valence-corrected chi connectivity index (χ2v) is 8.51. The molecule has 1 heterocycles. The molecule has 3 heteroatoms. The Kier molecular flexibility index (Phi) is 4.13. The topological polar surface area (TPSA) is 18.5 Å². The van der Waals surface area contributed by atoms with Crippen molar-refractivity contribution in [1.29, 1.82) is 0 Å². The van der Waals surface area contributed by atoms with Crippen LogP contribution in [-0.4, -0.2) is 18.3 Å². The van der Waals surface area contributed by atoms with Crippen molar-refractivity contribution in [2.24, 2.45) is 0 Å². The summed E-state index contributed by atoms with van der Waals surface area (Å²) in [6, 6.07) is 17.5. The van der Waals surface area contributed by atoms with Gasteiger partial charge in [-0.1, -0.05) is 54.1 Å². The predicted octanol–water partition coefficient (Wildman–Crippen LogP) is 5.37. The van der Waals surface area contributed by atoms with Gasteiger partial charge in [0.2, 0.25) is 0 Å². The zero-order chi connectivity index (χ0) is 18.5. The molecule has 134 valence electrons. The minimum atomic E-state index is -0.319. The first-order valence-corrected chi connectivity index (χ1v) is 9.52. The lowest BCUT2D eigenvalue weighted by molar-refractivity contribution is 0.00578. The van der Waals surface area contributed by atoms with E-state index in [1.165, 1.54) is 33.3 Å². The zero-order valence-electron chi connectivity index (χ0n) is 16.4. The first-order chi connectivity index (χ1) is 12.3. The number of allylic oxidation sites excluding steroid dienone is 1. The Morgan fingerprint density at radius 1 is 0.808 bits per heavy atom. The van der Waals surface area contributed by atoms with Crippen LogP contribution in [0.2, 0.25) is 0 Å². The maximum absolute atomic E-state index is 6.41. The molecule has 0 unspecified atom stereocenters. The molecule has 1 saturated heterocycles. The van der Waals surface area contributed by atoms with E-state index >= 15 is 0 Å². The van der Waals surface area contributed by atoms with E-state index in [1.54, 1.807) is 0 Å². The van der Waals surface area contributed by atoms with Crippen LogP contribution < -0.4 is 0 Å². The smallest absolute Gasteiger partial charge is 0.400 e. The van der Waals surface area contributed by atoms with Gasteiger partial charge >= 0.3 is 7.12 Å². The van der Waals surface area contributed by atoms with Gasteiger partial charge in [0.1, 0.15) is 0 Å². The molecule has 26 heavy (non-hydrogen) atoms. The van der Waals surface area contributed by atoms with Crippen LogP contribution in [0.15, 0.2) is 54.0 Å². The van der Waals surface area contributed by atoms with Gasteiger partial charge in [-0.25, -0.2) is 0 Å². The van der Waals surface area contributed by atoms with Crippen LogP contribution in [0.4, 0.5) is 0 Å². The van der Waals surface area contributed by atoms with Crippen molar-refractivity contribution in [2.45, 2.75) is 58.7 Å². The Morgan fingerprint density at radius 3 is 2.08 bits per heavy atom. The molecule has 0 aromatic heterocycles. The summed E-state index contributed by atoms with van der Waals surface area (Å²) in [5, 5.41) is 0. The lowest BCUT2D eigenvalue weighted by atomic mass is 9.66. The lowest BCUT2D eigenvalue weighted by Crippen LogP contribution is -2.41. The molecule has 2 nitrogen and oxygen atoms in total. The maximum atomic E-state index is 6.41. The van der Waals surface area contributed by atoms with E-state index in [0.29, 0.717) is 0 Å². The van der Waals surface area contributed by atoms with Crippen LogP contribution in [0.3, 0.4) is 0 Å². The fourth-order valence-corrected chi connectivity index (χ4v) is 3.83. The van der Waals surface area contributed by atoms with Crippen LogP contribution in [-0.2, 0) is 15.7 Å². The molecule has 1 fully saturated rings. The van der Waals surface area contributed by atoms with E-state index in [1.807, 2.05) is 0 Å². The van der Waals surface area contributed by atoms with E-state index in [-0.39, 0.29) is 18.3 Å². The number of hydrogen-bond acceptors (Lipinski definition) is 2. The third-order valence-corrected chi connectivity index (χ3v) is 6.15. The largest absolute Gasteiger partial charge is 0.491 e. The Morgan fingerprint density at radius 2 is 1.42 bits per heavy atom. The summed E-state index contributed by atoms with van der Waals surface area (Å²) in [6.07, 6.45) is 2.00. The van der Waals surface area contributed by atoms with Gasteiger partial charge in [-0.3, -0.25) is 0 Å². The molecular weight excluding hydrogens is 319 g/mol. The SMILES string of the molecule is Cc1ccc(C2=C(B3OC(C)(C)C(C)(C)O3)CCc3ccccc32)cc1. The van der Waals surface area contributed by atoms with Crippen LogP contribution in [0.25, 0.3) is 5.57 Å². The highest BCUT2D eigenvalue weighted by Gasteiger charge is 2.53. The quantitative estimate of drug-likeness (QED) is 0.680. The molecule has 0 spiro atoms. The first-order valence-electron chi connectivity index (χ1n) is 9.52. The highest BCUT2D eigenvalue weighted by molar-refractivity contribution is 6.56. The van der Waals surface area contributed by atoms with E-state index < -0.39 is 0 Å². The van der Waals surface area contributed by atoms with Crippen molar-refractivity contribution < 1.29 is 9.31 Å². The minimum absolute atomic E-state index is 0.287. The van der Waals surface area contributed by atoms with Gasteiger partial charge in [0.25, 0.3) is 0 Å². The fourth-order valence-electron chi connectivity index (χ4n) is 3.83. The van der Waals surface area contributed by atoms with Gasteiger partial charge < -0.3 is 9.31 Å². The van der Waals surface area contributed by atoms with Crippen molar-refractivity contribution >= 4 is 12.7 Å². The maximum Gasteiger partial charge on any atom is 0.491 e. The second-order valence-electron chi connectivity index (χ2n) is 8.51. The number of fused-ring (bicyclic) bond motifs is 1. The molecule has 0 saturated carbocycles. The van der Waals surface area contributed by atoms with Gasteiger partial charge in [0.05, 0.1) is 11.2 Å². The van der Waals surface area contributed by atoms with E-state index in [4.69, 9.17) is 9.31 Å². The summed E-state index contributed by atoms with van der Waals surface area (Å²) < 4.78 is 12.8. The summed E-state index contributed by atoms with van der Waals surface area (Å²) in [5.41, 5.74) is 7.15. The number of rotatable bonds is 2. The highest BCUT2D eigenvalue weighted by atomic mass is 16.7. The Balaban J connectivity index is 1.87. The summed E-state index contributed by atoms with van der Waals surface area (Å²) >= 11 is 0. The summed E-state index contributed by atoms with van der Waals surface area (Å²) in [4.78, 5) is 0. The molecule has 0 bridgehead atoms. The summed E-state index contributed by atoms with van der Waals surface area (Å²) in [6.45, 7) is 10.6. The molecule has 4 rings (SSSR count). The van der Waals surface area contributed by atoms with Crippen LogP contribution >= 0.6 is 0 Å². The minimum Gasteiger partial charge on any atom is -0.400 e. The van der Waals surface area contributed by atoms with E-state index in [0.717, 1.165) is 12.8 Å². The van der Waals surface area contributed by atoms with E-state index in [9.17, 15) is 0 Å². The van der Waals surface area contributed by atoms with Crippen molar-refractivity contribution in [3.05, 3.63) is 76.3 Å². The third-order valence-electron chi connectivity index (χ3n) is 6.15. The average Bonchev–Trinajstić information content (AvgIpc) is 2.82. The zero-order valence-corrected chi connectivity index (χ0v) is 16.4. The highest BCUT2D eigenvalue weighted by Crippen LogP contribution is 2.44. The molecule has 0 radical (unpaired) electrons. The van der Waals surface area contributed by atoms with Crippen molar-refractivity contribution in [3.8, 4) is 0 Å². The fraction of sp³-hybridized carbons (Fsp3) is 0.391. The molecule has 0 N–H and O–H groups in total.